The molecule has 0 saturated carbocycles. The smallest absolute Gasteiger partial charge is 0.225 e. The molecule has 150 valence electrons. The lowest BCUT2D eigenvalue weighted by Gasteiger charge is -2.16. The number of carbonyl (C=O) groups excluding carboxylic acids is 2. The lowest BCUT2D eigenvalue weighted by atomic mass is 10.1. The molecule has 2 heterocycles. The third-order valence-corrected chi connectivity index (χ3v) is 5.94. The van der Waals surface area contributed by atoms with Crippen LogP contribution in [-0.2, 0) is 22.6 Å². The predicted molar refractivity (Wildman–Crippen MR) is 115 cm³/mol. The van der Waals surface area contributed by atoms with Crippen molar-refractivity contribution in [3.63, 3.8) is 0 Å². The summed E-state index contributed by atoms with van der Waals surface area (Å²) in [4.78, 5) is 30.0. The maximum atomic E-state index is 12.5. The molecule has 1 aliphatic rings. The van der Waals surface area contributed by atoms with Crippen molar-refractivity contribution in [3.8, 4) is 0 Å². The summed E-state index contributed by atoms with van der Waals surface area (Å²) in [5, 5.41) is 4.75. The van der Waals surface area contributed by atoms with E-state index in [0.29, 0.717) is 24.7 Å². The van der Waals surface area contributed by atoms with Crippen LogP contribution >= 0.6 is 11.6 Å². The fourth-order valence-electron chi connectivity index (χ4n) is 3.89. The van der Waals surface area contributed by atoms with E-state index in [0.717, 1.165) is 17.5 Å². The van der Waals surface area contributed by atoms with Crippen LogP contribution in [0.3, 0.4) is 0 Å². The Balaban J connectivity index is 1.33. The monoisotopic (exact) mass is 409 g/mol. The summed E-state index contributed by atoms with van der Waals surface area (Å²) in [5.74, 6) is -0.363. The molecule has 3 aromatic rings. The largest absolute Gasteiger partial charge is 0.361 e. The first-order chi connectivity index (χ1) is 14.0. The highest BCUT2D eigenvalue weighted by molar-refractivity contribution is 6.31. The van der Waals surface area contributed by atoms with Crippen LogP contribution < -0.4 is 5.32 Å². The molecule has 1 aliphatic heterocycles. The molecule has 1 fully saturated rings. The number of H-pyrrole nitrogens is 1. The topological polar surface area (TPSA) is 65.2 Å². The van der Waals surface area contributed by atoms with E-state index in [-0.39, 0.29) is 24.2 Å². The minimum atomic E-state index is -0.310. The van der Waals surface area contributed by atoms with Crippen molar-refractivity contribution >= 4 is 34.3 Å². The Hall–Kier alpha value is -2.79. The number of nitrogens with one attached hydrogen (secondary N) is 2. The number of rotatable bonds is 6. The normalized spacial score (nSPS) is 16.6. The molecule has 2 aromatic carbocycles. The van der Waals surface area contributed by atoms with Crippen molar-refractivity contribution in [2.75, 3.05) is 13.1 Å². The van der Waals surface area contributed by atoms with Crippen molar-refractivity contribution in [3.05, 3.63) is 70.4 Å². The summed E-state index contributed by atoms with van der Waals surface area (Å²) in [6.07, 6.45) is 3.04. The first kappa shape index (κ1) is 19.5. The van der Waals surface area contributed by atoms with Gasteiger partial charge in [0.25, 0.3) is 0 Å². The zero-order valence-corrected chi connectivity index (χ0v) is 17.1. The molecule has 0 unspecified atom stereocenters. The van der Waals surface area contributed by atoms with Gasteiger partial charge in [0.1, 0.15) is 0 Å². The van der Waals surface area contributed by atoms with E-state index in [1.165, 1.54) is 16.5 Å². The highest BCUT2D eigenvalue weighted by Crippen LogP contribution is 2.23. The van der Waals surface area contributed by atoms with Crippen LogP contribution in [0.2, 0.25) is 5.02 Å². The molecule has 4 rings (SSSR count). The average molecular weight is 410 g/mol. The van der Waals surface area contributed by atoms with Gasteiger partial charge in [0.05, 0.1) is 5.92 Å². The Labute approximate surface area is 175 Å². The third kappa shape index (κ3) is 4.30. The van der Waals surface area contributed by atoms with Gasteiger partial charge < -0.3 is 15.2 Å². The Morgan fingerprint density at radius 1 is 1.24 bits per heavy atom. The van der Waals surface area contributed by atoms with Crippen molar-refractivity contribution in [2.45, 2.75) is 26.3 Å². The van der Waals surface area contributed by atoms with Gasteiger partial charge in [-0.25, -0.2) is 0 Å². The quantitative estimate of drug-likeness (QED) is 0.649. The Morgan fingerprint density at radius 3 is 2.90 bits per heavy atom. The Bertz CT molecular complexity index is 1060. The Morgan fingerprint density at radius 2 is 2.07 bits per heavy atom. The average Bonchev–Trinajstić information content (AvgIpc) is 3.28. The highest BCUT2D eigenvalue weighted by atomic mass is 35.5. The van der Waals surface area contributed by atoms with Gasteiger partial charge in [-0.1, -0.05) is 41.4 Å². The second-order valence-electron chi connectivity index (χ2n) is 7.66. The van der Waals surface area contributed by atoms with Gasteiger partial charge in [0, 0.05) is 48.2 Å². The van der Waals surface area contributed by atoms with Crippen LogP contribution in [0.1, 0.15) is 23.1 Å². The molecule has 0 spiro atoms. The van der Waals surface area contributed by atoms with Crippen LogP contribution in [0.4, 0.5) is 0 Å². The predicted octanol–water partition coefficient (Wildman–Crippen LogP) is 3.84. The van der Waals surface area contributed by atoms with Crippen LogP contribution in [0, 0.1) is 12.8 Å². The first-order valence-electron chi connectivity index (χ1n) is 9.87. The summed E-state index contributed by atoms with van der Waals surface area (Å²) < 4.78 is 0. The molecular formula is C23H24ClN3O2. The molecule has 0 bridgehead atoms. The van der Waals surface area contributed by atoms with Gasteiger partial charge in [-0.3, -0.25) is 9.59 Å². The van der Waals surface area contributed by atoms with E-state index >= 15 is 0 Å². The zero-order chi connectivity index (χ0) is 20.4. The summed E-state index contributed by atoms with van der Waals surface area (Å²) in [5.41, 5.74) is 4.39. The molecular weight excluding hydrogens is 386 g/mol. The van der Waals surface area contributed by atoms with Crippen LogP contribution in [0.5, 0.6) is 0 Å². The van der Waals surface area contributed by atoms with Crippen molar-refractivity contribution in [1.82, 2.24) is 15.2 Å². The van der Waals surface area contributed by atoms with E-state index in [2.05, 4.69) is 35.4 Å². The van der Waals surface area contributed by atoms with Gasteiger partial charge in [-0.2, -0.15) is 0 Å². The molecule has 1 atom stereocenters. The van der Waals surface area contributed by atoms with Gasteiger partial charge >= 0.3 is 0 Å². The number of nitrogens with zero attached hydrogens (tertiary/aromatic N) is 1. The van der Waals surface area contributed by atoms with Crippen molar-refractivity contribution < 1.29 is 9.59 Å². The number of carbonyl (C=O) groups is 2. The van der Waals surface area contributed by atoms with Gasteiger partial charge in [0.15, 0.2) is 0 Å². The number of halogens is 1. The number of amides is 2. The molecule has 1 saturated heterocycles. The lowest BCUT2D eigenvalue weighted by Crippen LogP contribution is -2.33. The molecule has 0 aliphatic carbocycles. The highest BCUT2D eigenvalue weighted by Gasteiger charge is 2.33. The fourth-order valence-corrected chi connectivity index (χ4v) is 4.09. The molecule has 0 radical (unpaired) electrons. The summed E-state index contributed by atoms with van der Waals surface area (Å²) in [6.45, 7) is 3.53. The van der Waals surface area contributed by atoms with E-state index in [1.54, 1.807) is 11.0 Å². The Kier molecular flexibility index (Phi) is 5.58. The SMILES string of the molecule is Cc1ccc2[nH]cc(CCN3C[C@@H](C(=O)NCc4ccccc4Cl)CC3=O)c2c1. The number of hydrogen-bond acceptors (Lipinski definition) is 2. The minimum Gasteiger partial charge on any atom is -0.361 e. The minimum absolute atomic E-state index is 0.0407. The molecule has 6 heteroatoms. The van der Waals surface area contributed by atoms with E-state index in [4.69, 9.17) is 11.6 Å². The molecule has 1 aromatic heterocycles. The fraction of sp³-hybridized carbons (Fsp3) is 0.304. The summed E-state index contributed by atoms with van der Waals surface area (Å²) >= 11 is 6.14. The van der Waals surface area contributed by atoms with Crippen LogP contribution in [0.15, 0.2) is 48.7 Å². The van der Waals surface area contributed by atoms with Gasteiger partial charge in [-0.05, 0) is 42.7 Å². The van der Waals surface area contributed by atoms with Crippen molar-refractivity contribution in [1.29, 1.82) is 0 Å². The lowest BCUT2D eigenvalue weighted by molar-refractivity contribution is -0.129. The standard InChI is InChI=1S/C23H24ClN3O2/c1-15-6-7-21-19(10-15)16(12-25-21)8-9-27-14-18(11-22(27)28)23(29)26-13-17-4-2-3-5-20(17)24/h2-7,10,12,18,25H,8-9,11,13-14H2,1H3,(H,26,29)/t18-/m0/s1. The number of aromatic amines is 1. The molecule has 2 N–H and O–H groups in total. The number of aryl methyl sites for hydroxylation is 1. The molecule has 29 heavy (non-hydrogen) atoms. The van der Waals surface area contributed by atoms with Gasteiger partial charge in [0.2, 0.25) is 11.8 Å². The van der Waals surface area contributed by atoms with Crippen molar-refractivity contribution in [2.24, 2.45) is 5.92 Å². The van der Waals surface area contributed by atoms with E-state index in [9.17, 15) is 9.59 Å². The number of hydrogen-bond donors (Lipinski definition) is 2. The maximum absolute atomic E-state index is 12.5. The van der Waals surface area contributed by atoms with E-state index < -0.39 is 0 Å². The van der Waals surface area contributed by atoms with E-state index in [1.807, 2.05) is 24.4 Å². The first-order valence-corrected chi connectivity index (χ1v) is 10.2. The number of benzene rings is 2. The van der Waals surface area contributed by atoms with Crippen LogP contribution in [-0.4, -0.2) is 34.8 Å². The zero-order valence-electron chi connectivity index (χ0n) is 16.4. The number of aromatic nitrogens is 1. The van der Waals surface area contributed by atoms with Crippen LogP contribution in [0.25, 0.3) is 10.9 Å². The number of fused-ring (bicyclic) bond motifs is 1. The second-order valence-corrected chi connectivity index (χ2v) is 8.07. The summed E-state index contributed by atoms with van der Waals surface area (Å²) in [7, 11) is 0. The summed E-state index contributed by atoms with van der Waals surface area (Å²) in [6, 6.07) is 13.8. The maximum Gasteiger partial charge on any atom is 0.225 e. The number of likely N-dealkylation sites (tertiary alicyclic amines) is 1. The third-order valence-electron chi connectivity index (χ3n) is 5.57. The molecule has 5 nitrogen and oxygen atoms in total. The van der Waals surface area contributed by atoms with Gasteiger partial charge in [-0.15, -0.1) is 0 Å². The molecule has 2 amide bonds. The second kappa shape index (κ2) is 8.29.